The number of nitrogens with zero attached hydrogens (tertiary/aromatic N) is 1. The van der Waals surface area contributed by atoms with Gasteiger partial charge in [-0.1, -0.05) is 19.8 Å². The van der Waals surface area contributed by atoms with E-state index in [0.29, 0.717) is 12.1 Å². The fraction of sp³-hybridized carbons (Fsp3) is 0.625. The predicted molar refractivity (Wildman–Crippen MR) is 81.0 cm³/mol. The number of nitrogens with two attached hydrogens (primary N) is 1. The van der Waals surface area contributed by atoms with Crippen molar-refractivity contribution in [2.24, 2.45) is 5.73 Å². The van der Waals surface area contributed by atoms with E-state index in [1.165, 1.54) is 30.5 Å². The standard InChI is InChI=1S/C16H26N2O/c1-4-12-11-13(9-10-16(12)19-3)18(2)15-8-6-5-7-14(15)17/h9-11,14-15H,4-8,17H2,1-3H3. The Morgan fingerprint density at radius 1 is 1.32 bits per heavy atom. The summed E-state index contributed by atoms with van der Waals surface area (Å²) in [7, 11) is 3.89. The van der Waals surface area contributed by atoms with Crippen molar-refractivity contribution in [3.63, 3.8) is 0 Å². The van der Waals surface area contributed by atoms with Crippen LogP contribution in [0.15, 0.2) is 18.2 Å². The molecule has 0 heterocycles. The molecule has 19 heavy (non-hydrogen) atoms. The van der Waals surface area contributed by atoms with E-state index in [4.69, 9.17) is 10.5 Å². The van der Waals surface area contributed by atoms with E-state index < -0.39 is 0 Å². The summed E-state index contributed by atoms with van der Waals surface area (Å²) >= 11 is 0. The molecule has 3 nitrogen and oxygen atoms in total. The zero-order valence-electron chi connectivity index (χ0n) is 12.4. The van der Waals surface area contributed by atoms with Crippen molar-refractivity contribution in [3.8, 4) is 5.75 Å². The van der Waals surface area contributed by atoms with Crippen LogP contribution in [0.25, 0.3) is 0 Å². The summed E-state index contributed by atoms with van der Waals surface area (Å²) in [4.78, 5) is 2.35. The molecule has 0 radical (unpaired) electrons. The topological polar surface area (TPSA) is 38.5 Å². The molecular weight excluding hydrogens is 236 g/mol. The second-order valence-corrected chi connectivity index (χ2v) is 5.48. The van der Waals surface area contributed by atoms with Crippen molar-refractivity contribution in [2.75, 3.05) is 19.1 Å². The molecule has 0 saturated heterocycles. The molecule has 106 valence electrons. The van der Waals surface area contributed by atoms with Crippen molar-refractivity contribution >= 4 is 5.69 Å². The smallest absolute Gasteiger partial charge is 0.122 e. The molecule has 0 aromatic heterocycles. The van der Waals surface area contributed by atoms with E-state index in [9.17, 15) is 0 Å². The maximum Gasteiger partial charge on any atom is 0.122 e. The van der Waals surface area contributed by atoms with Gasteiger partial charge in [0.2, 0.25) is 0 Å². The van der Waals surface area contributed by atoms with Crippen LogP contribution in [0.2, 0.25) is 0 Å². The zero-order valence-corrected chi connectivity index (χ0v) is 12.4. The van der Waals surface area contributed by atoms with E-state index in [1.54, 1.807) is 7.11 Å². The summed E-state index contributed by atoms with van der Waals surface area (Å²) in [6.45, 7) is 2.16. The highest BCUT2D eigenvalue weighted by Crippen LogP contribution is 2.29. The van der Waals surface area contributed by atoms with Gasteiger partial charge in [0, 0.05) is 24.8 Å². The Bertz CT molecular complexity index is 419. The van der Waals surface area contributed by atoms with Gasteiger partial charge in [0.15, 0.2) is 0 Å². The minimum atomic E-state index is 0.297. The Hall–Kier alpha value is -1.22. The Kier molecular flexibility index (Phi) is 4.70. The molecule has 1 aliphatic rings. The van der Waals surface area contributed by atoms with Crippen LogP contribution in [0.3, 0.4) is 0 Å². The highest BCUT2D eigenvalue weighted by atomic mass is 16.5. The molecule has 2 unspecified atom stereocenters. The average Bonchev–Trinajstić information content (AvgIpc) is 2.46. The Morgan fingerprint density at radius 2 is 2.05 bits per heavy atom. The van der Waals surface area contributed by atoms with Crippen LogP contribution in [-0.4, -0.2) is 26.2 Å². The first-order valence-electron chi connectivity index (χ1n) is 7.32. The van der Waals surface area contributed by atoms with E-state index >= 15 is 0 Å². The predicted octanol–water partition coefficient (Wildman–Crippen LogP) is 2.96. The molecule has 1 aromatic carbocycles. The molecule has 0 bridgehead atoms. The molecule has 0 amide bonds. The molecule has 3 heteroatoms. The van der Waals surface area contributed by atoms with Crippen LogP contribution in [0.1, 0.15) is 38.2 Å². The van der Waals surface area contributed by atoms with Crippen molar-refractivity contribution in [3.05, 3.63) is 23.8 Å². The molecule has 0 spiro atoms. The zero-order chi connectivity index (χ0) is 13.8. The second-order valence-electron chi connectivity index (χ2n) is 5.48. The number of hydrogen-bond acceptors (Lipinski definition) is 3. The molecule has 1 fully saturated rings. The maximum absolute atomic E-state index is 6.28. The van der Waals surface area contributed by atoms with Gasteiger partial charge in [0.25, 0.3) is 0 Å². The lowest BCUT2D eigenvalue weighted by atomic mass is 9.89. The van der Waals surface area contributed by atoms with Crippen LogP contribution < -0.4 is 15.4 Å². The largest absolute Gasteiger partial charge is 0.496 e. The lowest BCUT2D eigenvalue weighted by Gasteiger charge is -2.37. The highest BCUT2D eigenvalue weighted by molar-refractivity contribution is 5.53. The van der Waals surface area contributed by atoms with Crippen LogP contribution >= 0.6 is 0 Å². The maximum atomic E-state index is 6.28. The van der Waals surface area contributed by atoms with Gasteiger partial charge < -0.3 is 15.4 Å². The first kappa shape index (κ1) is 14.2. The van der Waals surface area contributed by atoms with E-state index in [-0.39, 0.29) is 0 Å². The molecule has 1 aliphatic carbocycles. The van der Waals surface area contributed by atoms with E-state index in [0.717, 1.165) is 18.6 Å². The number of methoxy groups -OCH3 is 1. The van der Waals surface area contributed by atoms with Crippen molar-refractivity contribution < 1.29 is 4.74 Å². The number of hydrogen-bond donors (Lipinski definition) is 1. The fourth-order valence-corrected chi connectivity index (χ4v) is 3.07. The van der Waals surface area contributed by atoms with Crippen LogP contribution in [0.5, 0.6) is 5.75 Å². The third-order valence-electron chi connectivity index (χ3n) is 4.33. The molecule has 1 aromatic rings. The first-order valence-corrected chi connectivity index (χ1v) is 7.32. The highest BCUT2D eigenvalue weighted by Gasteiger charge is 2.25. The van der Waals surface area contributed by atoms with Crippen molar-refractivity contribution in [1.29, 1.82) is 0 Å². The number of anilines is 1. The van der Waals surface area contributed by atoms with Gasteiger partial charge in [-0.25, -0.2) is 0 Å². The van der Waals surface area contributed by atoms with Gasteiger partial charge in [-0.3, -0.25) is 0 Å². The number of ether oxygens (including phenoxy) is 1. The van der Waals surface area contributed by atoms with Gasteiger partial charge in [-0.15, -0.1) is 0 Å². The lowest BCUT2D eigenvalue weighted by Crippen LogP contribution is -2.48. The number of aryl methyl sites for hydroxylation is 1. The van der Waals surface area contributed by atoms with E-state index in [1.807, 2.05) is 0 Å². The molecular formula is C16H26N2O. The normalized spacial score (nSPS) is 23.2. The SMILES string of the molecule is CCc1cc(N(C)C2CCCCC2N)ccc1OC. The van der Waals surface area contributed by atoms with E-state index in [2.05, 4.69) is 37.1 Å². The quantitative estimate of drug-likeness (QED) is 0.906. The minimum Gasteiger partial charge on any atom is -0.496 e. The first-order chi connectivity index (χ1) is 9.17. The number of likely N-dealkylation sites (N-methyl/N-ethyl adjacent to an activating group) is 1. The second kappa shape index (κ2) is 6.29. The van der Waals surface area contributed by atoms with Gasteiger partial charge >= 0.3 is 0 Å². The number of rotatable bonds is 4. The van der Waals surface area contributed by atoms with Crippen molar-refractivity contribution in [2.45, 2.75) is 51.1 Å². The monoisotopic (exact) mass is 262 g/mol. The van der Waals surface area contributed by atoms with Gasteiger partial charge in [0.05, 0.1) is 7.11 Å². The average molecular weight is 262 g/mol. The summed E-state index contributed by atoms with van der Waals surface area (Å²) in [6, 6.07) is 7.20. The van der Waals surface area contributed by atoms with Crippen LogP contribution in [0.4, 0.5) is 5.69 Å². The molecule has 2 rings (SSSR count). The fourth-order valence-electron chi connectivity index (χ4n) is 3.07. The summed E-state index contributed by atoms with van der Waals surface area (Å²) in [5, 5.41) is 0. The Labute approximate surface area is 116 Å². The third-order valence-corrected chi connectivity index (χ3v) is 4.33. The summed E-state index contributed by atoms with van der Waals surface area (Å²) in [5.41, 5.74) is 8.79. The Balaban J connectivity index is 2.20. The summed E-state index contributed by atoms with van der Waals surface area (Å²) in [5.74, 6) is 0.979. The Morgan fingerprint density at radius 3 is 2.68 bits per heavy atom. The van der Waals surface area contributed by atoms with Gasteiger partial charge in [-0.05, 0) is 43.0 Å². The van der Waals surface area contributed by atoms with Gasteiger partial charge in [0.1, 0.15) is 5.75 Å². The summed E-state index contributed by atoms with van der Waals surface area (Å²) in [6.07, 6.45) is 5.90. The summed E-state index contributed by atoms with van der Waals surface area (Å²) < 4.78 is 5.39. The van der Waals surface area contributed by atoms with Crippen molar-refractivity contribution in [1.82, 2.24) is 0 Å². The molecule has 2 N–H and O–H groups in total. The number of benzene rings is 1. The van der Waals surface area contributed by atoms with Crippen LogP contribution in [0, 0.1) is 0 Å². The molecule has 2 atom stereocenters. The van der Waals surface area contributed by atoms with Crippen LogP contribution in [-0.2, 0) is 6.42 Å². The molecule has 1 saturated carbocycles. The van der Waals surface area contributed by atoms with Gasteiger partial charge in [-0.2, -0.15) is 0 Å². The minimum absolute atomic E-state index is 0.297. The lowest BCUT2D eigenvalue weighted by molar-refractivity contribution is 0.373. The third kappa shape index (κ3) is 3.03. The molecule has 0 aliphatic heterocycles.